The van der Waals surface area contributed by atoms with Crippen molar-refractivity contribution in [2.24, 2.45) is 17.8 Å². The zero-order valence-corrected chi connectivity index (χ0v) is 17.8. The molecule has 166 valence electrons. The van der Waals surface area contributed by atoms with Crippen LogP contribution < -0.4 is 10.8 Å². The van der Waals surface area contributed by atoms with E-state index in [-0.39, 0.29) is 42.0 Å². The summed E-state index contributed by atoms with van der Waals surface area (Å²) in [6.07, 6.45) is 7.66. The number of rotatable bonds is 8. The second-order valence-electron chi connectivity index (χ2n) is 9.08. The van der Waals surface area contributed by atoms with Crippen LogP contribution in [0.2, 0.25) is 0 Å². The predicted octanol–water partition coefficient (Wildman–Crippen LogP) is 1.32. The molecule has 2 saturated carbocycles. The van der Waals surface area contributed by atoms with Gasteiger partial charge in [0.05, 0.1) is 18.8 Å². The summed E-state index contributed by atoms with van der Waals surface area (Å²) in [5.41, 5.74) is 1.73. The molecule has 3 fully saturated rings. The Bertz CT molecular complexity index is 550. The number of hydrogen-bond acceptors (Lipinski definition) is 6. The number of ether oxygens (including phenoxy) is 2. The van der Waals surface area contributed by atoms with Crippen molar-refractivity contribution in [1.82, 2.24) is 15.7 Å². The highest BCUT2D eigenvalue weighted by atomic mass is 16.5. The standard InChI is InChI=1S/C21H37N3O5/c1-24(2)13-17-16-5-3-4-6-18(16)29-19(17)21(26)22-11-12-28-15-9-7-14(8-10-15)20(25)23-27/h14-19,27H,3-13H2,1-2H3,(H,22,26)(H,23,25). The number of carbonyl (C=O) groups excluding carboxylic acids is 2. The van der Waals surface area contributed by atoms with Crippen LogP contribution in [0.15, 0.2) is 0 Å². The maximum Gasteiger partial charge on any atom is 0.249 e. The molecule has 3 aliphatic rings. The second kappa shape index (κ2) is 10.7. The fraction of sp³-hybridized carbons (Fsp3) is 0.905. The molecule has 0 aromatic rings. The third-order valence-electron chi connectivity index (χ3n) is 6.76. The summed E-state index contributed by atoms with van der Waals surface area (Å²) in [6.45, 7) is 1.81. The van der Waals surface area contributed by atoms with E-state index in [2.05, 4.69) is 24.3 Å². The number of hydrogen-bond donors (Lipinski definition) is 3. The number of nitrogens with one attached hydrogen (secondary N) is 2. The zero-order chi connectivity index (χ0) is 20.8. The molecule has 29 heavy (non-hydrogen) atoms. The van der Waals surface area contributed by atoms with E-state index in [1.807, 2.05) is 0 Å². The van der Waals surface area contributed by atoms with Gasteiger partial charge in [-0.1, -0.05) is 12.8 Å². The van der Waals surface area contributed by atoms with Gasteiger partial charge < -0.3 is 19.7 Å². The molecule has 0 aromatic carbocycles. The maximum atomic E-state index is 12.8. The Balaban J connectivity index is 1.39. The van der Waals surface area contributed by atoms with E-state index in [1.54, 1.807) is 5.48 Å². The molecule has 1 heterocycles. The zero-order valence-electron chi connectivity index (χ0n) is 17.8. The molecule has 3 rings (SSSR count). The average Bonchev–Trinajstić information content (AvgIpc) is 3.09. The summed E-state index contributed by atoms with van der Waals surface area (Å²) in [5, 5.41) is 11.7. The third kappa shape index (κ3) is 5.90. The van der Waals surface area contributed by atoms with Crippen LogP contribution in [0.4, 0.5) is 0 Å². The molecule has 8 nitrogen and oxygen atoms in total. The third-order valence-corrected chi connectivity index (χ3v) is 6.76. The van der Waals surface area contributed by atoms with Gasteiger partial charge in [-0.25, -0.2) is 5.48 Å². The molecule has 1 aliphatic heterocycles. The Morgan fingerprint density at radius 1 is 1.07 bits per heavy atom. The highest BCUT2D eigenvalue weighted by molar-refractivity contribution is 5.81. The smallest absolute Gasteiger partial charge is 0.249 e. The lowest BCUT2D eigenvalue weighted by Crippen LogP contribution is -2.43. The molecule has 1 saturated heterocycles. The highest BCUT2D eigenvalue weighted by Crippen LogP contribution is 2.42. The predicted molar refractivity (Wildman–Crippen MR) is 107 cm³/mol. The first-order chi connectivity index (χ1) is 14.0. The van der Waals surface area contributed by atoms with Gasteiger partial charge in [0.15, 0.2) is 0 Å². The van der Waals surface area contributed by atoms with Gasteiger partial charge in [-0.3, -0.25) is 14.8 Å². The van der Waals surface area contributed by atoms with Crippen LogP contribution in [-0.2, 0) is 19.1 Å². The van der Waals surface area contributed by atoms with Crippen molar-refractivity contribution in [1.29, 1.82) is 0 Å². The van der Waals surface area contributed by atoms with Crippen LogP contribution in [0.1, 0.15) is 51.4 Å². The van der Waals surface area contributed by atoms with Gasteiger partial charge in [0.1, 0.15) is 6.10 Å². The minimum Gasteiger partial charge on any atom is -0.376 e. The number of hydroxylamine groups is 1. The Morgan fingerprint density at radius 2 is 1.79 bits per heavy atom. The molecule has 8 heteroatoms. The molecule has 3 N–H and O–H groups in total. The van der Waals surface area contributed by atoms with Crippen molar-refractivity contribution in [3.63, 3.8) is 0 Å². The van der Waals surface area contributed by atoms with Gasteiger partial charge >= 0.3 is 0 Å². The Hall–Kier alpha value is -1.22. The molecule has 0 aromatic heterocycles. The lowest BCUT2D eigenvalue weighted by Gasteiger charge is -2.29. The highest BCUT2D eigenvalue weighted by Gasteiger charge is 2.48. The molecule has 2 amide bonds. The van der Waals surface area contributed by atoms with Crippen LogP contribution in [0.5, 0.6) is 0 Å². The Morgan fingerprint density at radius 3 is 2.48 bits per heavy atom. The van der Waals surface area contributed by atoms with Gasteiger partial charge in [0.25, 0.3) is 0 Å². The van der Waals surface area contributed by atoms with Crippen molar-refractivity contribution < 1.29 is 24.3 Å². The number of amides is 2. The van der Waals surface area contributed by atoms with E-state index in [0.29, 0.717) is 31.9 Å². The van der Waals surface area contributed by atoms with Crippen molar-refractivity contribution in [2.75, 3.05) is 33.8 Å². The molecule has 0 spiro atoms. The van der Waals surface area contributed by atoms with E-state index in [1.165, 1.54) is 12.8 Å². The van der Waals surface area contributed by atoms with Crippen LogP contribution in [0, 0.1) is 17.8 Å². The summed E-state index contributed by atoms with van der Waals surface area (Å²) in [6, 6.07) is 0. The van der Waals surface area contributed by atoms with E-state index in [4.69, 9.17) is 14.7 Å². The van der Waals surface area contributed by atoms with Gasteiger partial charge in [0, 0.05) is 24.9 Å². The Kier molecular flexibility index (Phi) is 8.29. The quantitative estimate of drug-likeness (QED) is 0.316. The van der Waals surface area contributed by atoms with Crippen LogP contribution in [0.25, 0.3) is 0 Å². The van der Waals surface area contributed by atoms with E-state index in [9.17, 15) is 9.59 Å². The monoisotopic (exact) mass is 411 g/mol. The van der Waals surface area contributed by atoms with Crippen LogP contribution in [-0.4, -0.2) is 74.0 Å². The van der Waals surface area contributed by atoms with Gasteiger partial charge in [-0.15, -0.1) is 0 Å². The topological polar surface area (TPSA) is 100 Å². The van der Waals surface area contributed by atoms with Crippen molar-refractivity contribution >= 4 is 11.8 Å². The summed E-state index contributed by atoms with van der Waals surface area (Å²) < 4.78 is 12.1. The maximum absolute atomic E-state index is 12.8. The lowest BCUT2D eigenvalue weighted by molar-refractivity contribution is -0.136. The second-order valence-corrected chi connectivity index (χ2v) is 9.08. The summed E-state index contributed by atoms with van der Waals surface area (Å²) >= 11 is 0. The number of fused-ring (bicyclic) bond motifs is 1. The SMILES string of the molecule is CN(C)CC1C(C(=O)NCCOC2CCC(C(=O)NO)CC2)OC2CCCCC21. The molecule has 4 unspecified atom stereocenters. The largest absolute Gasteiger partial charge is 0.376 e. The molecule has 2 aliphatic carbocycles. The van der Waals surface area contributed by atoms with E-state index >= 15 is 0 Å². The van der Waals surface area contributed by atoms with Crippen molar-refractivity contribution in [3.05, 3.63) is 0 Å². The molecule has 4 atom stereocenters. The molecular formula is C21H37N3O5. The van der Waals surface area contributed by atoms with Crippen LogP contribution in [0.3, 0.4) is 0 Å². The fourth-order valence-corrected chi connectivity index (χ4v) is 5.29. The fourth-order valence-electron chi connectivity index (χ4n) is 5.29. The van der Waals surface area contributed by atoms with E-state index in [0.717, 1.165) is 32.2 Å². The van der Waals surface area contributed by atoms with Gasteiger partial charge in [-0.2, -0.15) is 0 Å². The minimum absolute atomic E-state index is 0.0156. The summed E-state index contributed by atoms with van der Waals surface area (Å²) in [7, 11) is 4.11. The molecule has 0 radical (unpaired) electrons. The van der Waals surface area contributed by atoms with Crippen LogP contribution >= 0.6 is 0 Å². The van der Waals surface area contributed by atoms with Gasteiger partial charge in [-0.05, 0) is 58.5 Å². The first-order valence-corrected chi connectivity index (χ1v) is 11.1. The minimum atomic E-state index is -0.363. The number of nitrogens with zero attached hydrogens (tertiary/aromatic N) is 1. The van der Waals surface area contributed by atoms with E-state index < -0.39 is 0 Å². The molecular weight excluding hydrogens is 374 g/mol. The lowest BCUT2D eigenvalue weighted by atomic mass is 9.78. The first kappa shape index (κ1) is 22.5. The average molecular weight is 412 g/mol. The summed E-state index contributed by atoms with van der Waals surface area (Å²) in [5.74, 6) is 0.295. The summed E-state index contributed by atoms with van der Waals surface area (Å²) in [4.78, 5) is 26.4. The first-order valence-electron chi connectivity index (χ1n) is 11.1. The van der Waals surface area contributed by atoms with Crippen molar-refractivity contribution in [2.45, 2.75) is 69.7 Å². The molecule has 0 bridgehead atoms. The van der Waals surface area contributed by atoms with Crippen molar-refractivity contribution in [3.8, 4) is 0 Å². The van der Waals surface area contributed by atoms with Gasteiger partial charge in [0.2, 0.25) is 11.8 Å². The number of carbonyl (C=O) groups is 2. The normalized spacial score (nSPS) is 34.6. The Labute approximate surface area is 173 Å².